The number of para-hydroxylation sites is 2. The van der Waals surface area contributed by atoms with Crippen molar-refractivity contribution in [2.45, 2.75) is 6.92 Å². The van der Waals surface area contributed by atoms with Crippen molar-refractivity contribution < 1.29 is 0 Å². The molecule has 0 aliphatic carbocycles. The van der Waals surface area contributed by atoms with E-state index in [1.807, 2.05) is 72.8 Å². The molecule has 0 saturated heterocycles. The Labute approximate surface area is 187 Å². The van der Waals surface area contributed by atoms with Crippen molar-refractivity contribution in [1.82, 2.24) is 14.5 Å². The molecule has 1 N–H and O–H groups in total. The molecule has 5 rings (SSSR count). The largest absolute Gasteiger partial charge is 0.358 e. The van der Waals surface area contributed by atoms with E-state index in [0.717, 1.165) is 31.4 Å². The van der Waals surface area contributed by atoms with Crippen LogP contribution in [0.1, 0.15) is 17.1 Å². The fraction of sp³-hybridized carbons (Fsp3) is 0.0400. The molecule has 0 fully saturated rings. The highest BCUT2D eigenvalue weighted by atomic mass is 127. The first-order chi connectivity index (χ1) is 14.6. The summed E-state index contributed by atoms with van der Waals surface area (Å²) in [6, 6.07) is 23.6. The molecule has 0 amide bonds. The number of H-pyrrole nitrogens is 1. The van der Waals surface area contributed by atoms with Crippen LogP contribution in [0.5, 0.6) is 0 Å². The Bertz CT molecular complexity index is 1480. The standard InChI is InChI=1S/C25H18IN3O/c1-16-19(20-9-5-6-10-22(20)27-16)12-14-24-28-23-13-11-17(26)15-21(23)25(30)29(24)18-7-3-2-4-8-18/h2-15,27H,1H3/b14-12+. The lowest BCUT2D eigenvalue weighted by atomic mass is 10.1. The van der Waals surface area contributed by atoms with Crippen LogP contribution in [0.2, 0.25) is 0 Å². The molecule has 0 aliphatic rings. The molecule has 2 heterocycles. The van der Waals surface area contributed by atoms with Gasteiger partial charge in [-0.1, -0.05) is 36.4 Å². The summed E-state index contributed by atoms with van der Waals surface area (Å²) in [5.41, 5.74) is 4.70. The molecule has 4 nitrogen and oxygen atoms in total. The minimum Gasteiger partial charge on any atom is -0.358 e. The summed E-state index contributed by atoms with van der Waals surface area (Å²) in [6.45, 7) is 2.06. The molecule has 0 aliphatic heterocycles. The molecule has 0 saturated carbocycles. The normalized spacial score (nSPS) is 11.7. The molecule has 0 atom stereocenters. The number of halogens is 1. The minimum atomic E-state index is -0.0694. The Kier molecular flexibility index (Phi) is 4.75. The molecule has 5 heteroatoms. The Morgan fingerprint density at radius 2 is 1.70 bits per heavy atom. The van der Waals surface area contributed by atoms with E-state index in [-0.39, 0.29) is 5.56 Å². The van der Waals surface area contributed by atoms with E-state index in [1.165, 1.54) is 0 Å². The molecule has 146 valence electrons. The Morgan fingerprint density at radius 1 is 0.933 bits per heavy atom. The van der Waals surface area contributed by atoms with Crippen molar-refractivity contribution in [1.29, 1.82) is 0 Å². The van der Waals surface area contributed by atoms with Gasteiger partial charge in [0.25, 0.3) is 5.56 Å². The number of nitrogens with one attached hydrogen (secondary N) is 1. The highest BCUT2D eigenvalue weighted by molar-refractivity contribution is 14.1. The minimum absolute atomic E-state index is 0.0694. The van der Waals surface area contributed by atoms with Crippen molar-refractivity contribution >= 4 is 56.5 Å². The van der Waals surface area contributed by atoms with Gasteiger partial charge >= 0.3 is 0 Å². The summed E-state index contributed by atoms with van der Waals surface area (Å²) in [4.78, 5) is 21.7. The lowest BCUT2D eigenvalue weighted by molar-refractivity contribution is 0.944. The van der Waals surface area contributed by atoms with Crippen LogP contribution in [-0.4, -0.2) is 14.5 Å². The van der Waals surface area contributed by atoms with Crippen molar-refractivity contribution in [3.8, 4) is 5.69 Å². The number of benzene rings is 3. The van der Waals surface area contributed by atoms with Crippen LogP contribution in [0.15, 0.2) is 77.6 Å². The number of aromatic amines is 1. The predicted octanol–water partition coefficient (Wildman–Crippen LogP) is 5.95. The van der Waals surface area contributed by atoms with Crippen molar-refractivity contribution in [3.63, 3.8) is 0 Å². The summed E-state index contributed by atoms with van der Waals surface area (Å²) in [7, 11) is 0. The summed E-state index contributed by atoms with van der Waals surface area (Å²) in [6.07, 6.45) is 3.96. The van der Waals surface area contributed by atoms with Gasteiger partial charge in [-0.2, -0.15) is 0 Å². The molecular formula is C25H18IN3O. The van der Waals surface area contributed by atoms with E-state index in [9.17, 15) is 4.79 Å². The molecule has 0 bridgehead atoms. The lowest BCUT2D eigenvalue weighted by Gasteiger charge is -2.11. The number of aromatic nitrogens is 3. The summed E-state index contributed by atoms with van der Waals surface area (Å²) < 4.78 is 2.69. The van der Waals surface area contributed by atoms with E-state index >= 15 is 0 Å². The summed E-state index contributed by atoms with van der Waals surface area (Å²) in [5.74, 6) is 0.601. The fourth-order valence-corrected chi connectivity index (χ4v) is 4.28. The SMILES string of the molecule is Cc1[nH]c2ccccc2c1/C=C/c1nc2ccc(I)cc2c(=O)n1-c1ccccc1. The van der Waals surface area contributed by atoms with E-state index in [1.54, 1.807) is 4.57 Å². The third kappa shape index (κ3) is 3.25. The third-order valence-electron chi connectivity index (χ3n) is 5.21. The van der Waals surface area contributed by atoms with Crippen LogP contribution >= 0.6 is 22.6 Å². The van der Waals surface area contributed by atoms with Crippen LogP contribution in [-0.2, 0) is 0 Å². The lowest BCUT2D eigenvalue weighted by Crippen LogP contribution is -2.22. The maximum atomic E-state index is 13.4. The van der Waals surface area contributed by atoms with Gasteiger partial charge in [0.15, 0.2) is 0 Å². The molecule has 3 aromatic carbocycles. The van der Waals surface area contributed by atoms with Gasteiger partial charge in [-0.15, -0.1) is 0 Å². The van der Waals surface area contributed by atoms with E-state index in [2.05, 4.69) is 46.6 Å². The molecule has 0 radical (unpaired) electrons. The Morgan fingerprint density at radius 3 is 2.53 bits per heavy atom. The zero-order valence-electron chi connectivity index (χ0n) is 16.3. The number of hydrogen-bond acceptors (Lipinski definition) is 2. The first-order valence-corrected chi connectivity index (χ1v) is 10.7. The average molecular weight is 503 g/mol. The third-order valence-corrected chi connectivity index (χ3v) is 5.88. The second-order valence-electron chi connectivity index (χ2n) is 7.15. The van der Waals surface area contributed by atoms with Gasteiger partial charge in [-0.05, 0) is 78.1 Å². The second kappa shape index (κ2) is 7.57. The van der Waals surface area contributed by atoms with Crippen LogP contribution < -0.4 is 5.56 Å². The van der Waals surface area contributed by atoms with Crippen LogP contribution in [0.3, 0.4) is 0 Å². The highest BCUT2D eigenvalue weighted by Crippen LogP contribution is 2.24. The van der Waals surface area contributed by atoms with Crippen molar-refractivity contribution in [2.75, 3.05) is 0 Å². The van der Waals surface area contributed by atoms with E-state index in [0.29, 0.717) is 16.7 Å². The maximum Gasteiger partial charge on any atom is 0.266 e. The van der Waals surface area contributed by atoms with Gasteiger partial charge in [-0.3, -0.25) is 9.36 Å². The second-order valence-corrected chi connectivity index (χ2v) is 8.40. The molecular weight excluding hydrogens is 485 g/mol. The predicted molar refractivity (Wildman–Crippen MR) is 132 cm³/mol. The molecule has 5 aromatic rings. The van der Waals surface area contributed by atoms with Crippen molar-refractivity contribution in [3.05, 3.63) is 104 Å². The van der Waals surface area contributed by atoms with Gasteiger partial charge in [0.05, 0.1) is 16.6 Å². The average Bonchev–Trinajstić information content (AvgIpc) is 3.08. The molecule has 30 heavy (non-hydrogen) atoms. The van der Waals surface area contributed by atoms with E-state index < -0.39 is 0 Å². The van der Waals surface area contributed by atoms with Crippen molar-refractivity contribution in [2.24, 2.45) is 0 Å². The first-order valence-electron chi connectivity index (χ1n) is 9.65. The van der Waals surface area contributed by atoms with Gasteiger partial charge in [0, 0.05) is 25.7 Å². The first kappa shape index (κ1) is 18.8. The summed E-state index contributed by atoms with van der Waals surface area (Å²) in [5, 5.41) is 1.77. The fourth-order valence-electron chi connectivity index (χ4n) is 3.78. The van der Waals surface area contributed by atoms with Crippen LogP contribution in [0.25, 0.3) is 39.6 Å². The molecule has 0 spiro atoms. The highest BCUT2D eigenvalue weighted by Gasteiger charge is 2.12. The number of fused-ring (bicyclic) bond motifs is 2. The van der Waals surface area contributed by atoms with Gasteiger partial charge in [0.1, 0.15) is 5.82 Å². The smallest absolute Gasteiger partial charge is 0.266 e. The van der Waals surface area contributed by atoms with Gasteiger partial charge in [-0.25, -0.2) is 4.98 Å². The maximum absolute atomic E-state index is 13.4. The number of aryl methyl sites for hydroxylation is 1. The Balaban J connectivity index is 1.75. The quantitative estimate of drug-likeness (QED) is 0.310. The zero-order chi connectivity index (χ0) is 20.7. The summed E-state index contributed by atoms with van der Waals surface area (Å²) >= 11 is 2.22. The Hall–Kier alpha value is -3.19. The van der Waals surface area contributed by atoms with Gasteiger partial charge in [0.2, 0.25) is 0 Å². The number of rotatable bonds is 3. The topological polar surface area (TPSA) is 50.7 Å². The number of hydrogen-bond donors (Lipinski definition) is 1. The van der Waals surface area contributed by atoms with E-state index in [4.69, 9.17) is 4.98 Å². The van der Waals surface area contributed by atoms with Crippen LogP contribution in [0, 0.1) is 10.5 Å². The zero-order valence-corrected chi connectivity index (χ0v) is 18.4. The monoisotopic (exact) mass is 503 g/mol. The van der Waals surface area contributed by atoms with Crippen LogP contribution in [0.4, 0.5) is 0 Å². The number of nitrogens with zero attached hydrogens (tertiary/aromatic N) is 2. The molecule has 2 aromatic heterocycles. The molecule has 0 unspecified atom stereocenters. The van der Waals surface area contributed by atoms with Gasteiger partial charge < -0.3 is 4.98 Å².